The van der Waals surface area contributed by atoms with E-state index >= 15 is 0 Å². The number of halogens is 1. The quantitative estimate of drug-likeness (QED) is 0.820. The van der Waals surface area contributed by atoms with Crippen molar-refractivity contribution in [1.29, 1.82) is 0 Å². The van der Waals surface area contributed by atoms with E-state index in [0.717, 1.165) is 15.7 Å². The van der Waals surface area contributed by atoms with Gasteiger partial charge in [0.2, 0.25) is 0 Å². The molecule has 0 aliphatic rings. The molecule has 2 aromatic rings. The number of nitrogens with zero attached hydrogens (tertiary/aromatic N) is 3. The third-order valence-corrected chi connectivity index (χ3v) is 2.37. The third kappa shape index (κ3) is 1.61. The van der Waals surface area contributed by atoms with Crippen LogP contribution in [0.2, 0.25) is 0 Å². The van der Waals surface area contributed by atoms with Crippen LogP contribution in [0.3, 0.4) is 0 Å². The van der Waals surface area contributed by atoms with Gasteiger partial charge in [-0.15, -0.1) is 0 Å². The van der Waals surface area contributed by atoms with E-state index in [-0.39, 0.29) is 0 Å². The van der Waals surface area contributed by atoms with Crippen molar-refractivity contribution in [1.82, 2.24) is 14.8 Å². The van der Waals surface area contributed by atoms with Gasteiger partial charge in [-0.05, 0) is 18.2 Å². The van der Waals surface area contributed by atoms with Gasteiger partial charge < -0.3 is 0 Å². The smallest absolute Gasteiger partial charge is 0.138 e. The van der Waals surface area contributed by atoms with Crippen LogP contribution in [-0.2, 0) is 0 Å². The lowest BCUT2D eigenvalue weighted by Crippen LogP contribution is -1.96. The van der Waals surface area contributed by atoms with Gasteiger partial charge in [0.05, 0.1) is 5.69 Å². The standard InChI is InChI=1S/C10H8BrN3/c1-2-8-5-9(11)3-4-10(8)14-7-12-6-13-14/h2-7H,1H2. The van der Waals surface area contributed by atoms with E-state index < -0.39 is 0 Å². The van der Waals surface area contributed by atoms with E-state index in [1.165, 1.54) is 6.33 Å². The van der Waals surface area contributed by atoms with E-state index in [0.29, 0.717) is 0 Å². The predicted octanol–water partition coefficient (Wildman–Crippen LogP) is 2.67. The minimum absolute atomic E-state index is 0.973. The van der Waals surface area contributed by atoms with Crippen LogP contribution in [0, 0.1) is 0 Å². The van der Waals surface area contributed by atoms with Crippen molar-refractivity contribution in [3.63, 3.8) is 0 Å². The van der Waals surface area contributed by atoms with Gasteiger partial charge in [-0.2, -0.15) is 5.10 Å². The van der Waals surface area contributed by atoms with E-state index in [1.807, 2.05) is 18.2 Å². The highest BCUT2D eigenvalue weighted by Gasteiger charge is 2.02. The van der Waals surface area contributed by atoms with Gasteiger partial charge in [-0.1, -0.05) is 28.6 Å². The minimum atomic E-state index is 0.973. The Balaban J connectivity index is 2.58. The summed E-state index contributed by atoms with van der Waals surface area (Å²) >= 11 is 3.41. The Kier molecular flexibility index (Phi) is 2.45. The summed E-state index contributed by atoms with van der Waals surface area (Å²) in [4.78, 5) is 3.90. The van der Waals surface area contributed by atoms with Gasteiger partial charge in [0.15, 0.2) is 0 Å². The van der Waals surface area contributed by atoms with Crippen LogP contribution in [0.4, 0.5) is 0 Å². The van der Waals surface area contributed by atoms with E-state index in [9.17, 15) is 0 Å². The topological polar surface area (TPSA) is 30.7 Å². The summed E-state index contributed by atoms with van der Waals surface area (Å²) in [6.45, 7) is 3.76. The molecule has 0 spiro atoms. The lowest BCUT2D eigenvalue weighted by atomic mass is 10.2. The molecule has 0 bridgehead atoms. The summed E-state index contributed by atoms with van der Waals surface area (Å²) in [5.41, 5.74) is 1.99. The normalized spacial score (nSPS) is 10.1. The largest absolute Gasteiger partial charge is 0.223 e. The zero-order valence-electron chi connectivity index (χ0n) is 7.39. The van der Waals surface area contributed by atoms with Crippen LogP contribution in [-0.4, -0.2) is 14.8 Å². The molecule has 0 aliphatic heterocycles. The van der Waals surface area contributed by atoms with Gasteiger partial charge in [0, 0.05) is 10.0 Å². The first-order valence-corrected chi connectivity index (χ1v) is 4.87. The van der Waals surface area contributed by atoms with E-state index in [1.54, 1.807) is 17.1 Å². The Morgan fingerprint density at radius 3 is 2.93 bits per heavy atom. The summed E-state index contributed by atoms with van der Waals surface area (Å²) in [7, 11) is 0. The van der Waals surface area contributed by atoms with E-state index in [2.05, 4.69) is 32.6 Å². The molecule has 14 heavy (non-hydrogen) atoms. The average Bonchev–Trinajstić information content (AvgIpc) is 2.70. The van der Waals surface area contributed by atoms with Crippen LogP contribution >= 0.6 is 15.9 Å². The fourth-order valence-corrected chi connectivity index (χ4v) is 1.61. The molecule has 70 valence electrons. The molecule has 0 radical (unpaired) electrons. The number of benzene rings is 1. The molecular formula is C10H8BrN3. The Bertz CT molecular complexity index is 448. The highest BCUT2D eigenvalue weighted by atomic mass is 79.9. The molecule has 0 aliphatic carbocycles. The van der Waals surface area contributed by atoms with Gasteiger partial charge in [0.25, 0.3) is 0 Å². The molecule has 2 rings (SSSR count). The lowest BCUT2D eigenvalue weighted by molar-refractivity contribution is 0.876. The predicted molar refractivity (Wildman–Crippen MR) is 59.2 cm³/mol. The first-order chi connectivity index (χ1) is 6.81. The summed E-state index contributed by atoms with van der Waals surface area (Å²) < 4.78 is 2.74. The number of aromatic nitrogens is 3. The molecule has 1 aromatic heterocycles. The Morgan fingerprint density at radius 1 is 1.43 bits per heavy atom. The van der Waals surface area contributed by atoms with Crippen molar-refractivity contribution in [2.75, 3.05) is 0 Å². The molecule has 0 atom stereocenters. The van der Waals surface area contributed by atoms with Crippen LogP contribution in [0.1, 0.15) is 5.56 Å². The molecule has 1 heterocycles. The second kappa shape index (κ2) is 3.75. The second-order valence-electron chi connectivity index (χ2n) is 2.75. The fourth-order valence-electron chi connectivity index (χ4n) is 1.23. The first kappa shape index (κ1) is 9.15. The molecule has 3 nitrogen and oxygen atoms in total. The Hall–Kier alpha value is -1.42. The van der Waals surface area contributed by atoms with Gasteiger partial charge in [0.1, 0.15) is 12.7 Å². The first-order valence-electron chi connectivity index (χ1n) is 4.08. The highest BCUT2D eigenvalue weighted by molar-refractivity contribution is 9.10. The van der Waals surface area contributed by atoms with Gasteiger partial charge in [-0.25, -0.2) is 9.67 Å². The minimum Gasteiger partial charge on any atom is -0.223 e. The number of rotatable bonds is 2. The van der Waals surface area contributed by atoms with Crippen molar-refractivity contribution >= 4 is 22.0 Å². The van der Waals surface area contributed by atoms with Crippen molar-refractivity contribution in [2.45, 2.75) is 0 Å². The van der Waals surface area contributed by atoms with Crippen LogP contribution in [0.25, 0.3) is 11.8 Å². The van der Waals surface area contributed by atoms with Crippen molar-refractivity contribution in [2.24, 2.45) is 0 Å². The highest BCUT2D eigenvalue weighted by Crippen LogP contribution is 2.20. The molecule has 0 N–H and O–H groups in total. The third-order valence-electron chi connectivity index (χ3n) is 1.88. The molecular weight excluding hydrogens is 242 g/mol. The summed E-state index contributed by atoms with van der Waals surface area (Å²) in [5, 5.41) is 4.07. The maximum absolute atomic E-state index is 4.07. The maximum Gasteiger partial charge on any atom is 0.138 e. The van der Waals surface area contributed by atoms with Crippen molar-refractivity contribution < 1.29 is 0 Å². The zero-order valence-corrected chi connectivity index (χ0v) is 8.98. The molecule has 4 heteroatoms. The monoisotopic (exact) mass is 249 g/mol. The van der Waals surface area contributed by atoms with Crippen LogP contribution in [0.15, 0.2) is 41.9 Å². The molecule has 0 amide bonds. The second-order valence-corrected chi connectivity index (χ2v) is 3.66. The molecule has 1 aromatic carbocycles. The van der Waals surface area contributed by atoms with Crippen LogP contribution in [0.5, 0.6) is 0 Å². The summed E-state index contributed by atoms with van der Waals surface area (Å²) in [5.74, 6) is 0. The average molecular weight is 250 g/mol. The Morgan fingerprint density at radius 2 is 2.29 bits per heavy atom. The fraction of sp³-hybridized carbons (Fsp3) is 0. The van der Waals surface area contributed by atoms with E-state index in [4.69, 9.17) is 0 Å². The number of hydrogen-bond donors (Lipinski definition) is 0. The summed E-state index contributed by atoms with van der Waals surface area (Å²) in [6, 6.07) is 5.92. The number of hydrogen-bond acceptors (Lipinski definition) is 2. The summed E-state index contributed by atoms with van der Waals surface area (Å²) in [6.07, 6.45) is 4.97. The van der Waals surface area contributed by atoms with Gasteiger partial charge in [-0.3, -0.25) is 0 Å². The van der Waals surface area contributed by atoms with Crippen molar-refractivity contribution in [3.8, 4) is 5.69 Å². The maximum atomic E-state index is 4.07. The SMILES string of the molecule is C=Cc1cc(Br)ccc1-n1cncn1. The molecule has 0 unspecified atom stereocenters. The molecule has 0 fully saturated rings. The van der Waals surface area contributed by atoms with Crippen molar-refractivity contribution in [3.05, 3.63) is 47.5 Å². The Labute approximate surface area is 90.2 Å². The zero-order chi connectivity index (χ0) is 9.97. The lowest BCUT2D eigenvalue weighted by Gasteiger charge is -2.05. The molecule has 0 saturated heterocycles. The molecule has 0 saturated carbocycles. The van der Waals surface area contributed by atoms with Gasteiger partial charge >= 0.3 is 0 Å². The van der Waals surface area contributed by atoms with Crippen LogP contribution < -0.4 is 0 Å².